The van der Waals surface area contributed by atoms with Gasteiger partial charge in [0.05, 0.1) is 4.92 Å². The van der Waals surface area contributed by atoms with Gasteiger partial charge in [-0.1, -0.05) is 11.6 Å². The van der Waals surface area contributed by atoms with Crippen molar-refractivity contribution < 1.29 is 14.5 Å². The summed E-state index contributed by atoms with van der Waals surface area (Å²) in [7, 11) is 0. The van der Waals surface area contributed by atoms with E-state index in [0.717, 1.165) is 17.3 Å². The SMILES string of the molecule is CC(=O)N1CCc2cc(NC(=O)c3ccc(Cl)cc3[N+](=O)[O-])ccc21. The number of fused-ring (bicyclic) bond motifs is 1. The Morgan fingerprint density at radius 2 is 2.00 bits per heavy atom. The highest BCUT2D eigenvalue weighted by atomic mass is 35.5. The molecule has 0 bridgehead atoms. The van der Waals surface area contributed by atoms with E-state index in [-0.39, 0.29) is 22.2 Å². The lowest BCUT2D eigenvalue weighted by Crippen LogP contribution is -2.25. The first-order valence-corrected chi connectivity index (χ1v) is 7.91. The minimum atomic E-state index is -0.645. The zero-order valence-electron chi connectivity index (χ0n) is 13.3. The molecule has 0 atom stereocenters. The molecule has 0 aromatic heterocycles. The molecule has 0 saturated heterocycles. The van der Waals surface area contributed by atoms with E-state index in [0.29, 0.717) is 18.7 Å². The maximum Gasteiger partial charge on any atom is 0.283 e. The van der Waals surface area contributed by atoms with E-state index in [9.17, 15) is 19.7 Å². The Balaban J connectivity index is 1.86. The molecule has 3 rings (SSSR count). The fourth-order valence-electron chi connectivity index (χ4n) is 2.85. The van der Waals surface area contributed by atoms with Crippen molar-refractivity contribution in [1.29, 1.82) is 0 Å². The normalized spacial score (nSPS) is 12.6. The maximum absolute atomic E-state index is 12.4. The lowest BCUT2D eigenvalue weighted by atomic mass is 10.1. The molecule has 1 heterocycles. The summed E-state index contributed by atoms with van der Waals surface area (Å²) in [5.74, 6) is -0.628. The number of nitro benzene ring substituents is 1. The Bertz CT molecular complexity index is 897. The first-order chi connectivity index (χ1) is 11.9. The van der Waals surface area contributed by atoms with Crippen LogP contribution in [0.3, 0.4) is 0 Å². The van der Waals surface area contributed by atoms with Crippen molar-refractivity contribution in [2.75, 3.05) is 16.8 Å². The highest BCUT2D eigenvalue weighted by Gasteiger charge is 2.24. The van der Waals surface area contributed by atoms with Crippen LogP contribution in [0.1, 0.15) is 22.8 Å². The zero-order chi connectivity index (χ0) is 18.1. The van der Waals surface area contributed by atoms with E-state index in [1.807, 2.05) is 0 Å². The largest absolute Gasteiger partial charge is 0.322 e. The summed E-state index contributed by atoms with van der Waals surface area (Å²) in [6.45, 7) is 2.11. The number of hydrogen-bond donors (Lipinski definition) is 1. The summed E-state index contributed by atoms with van der Waals surface area (Å²) in [4.78, 5) is 36.1. The summed E-state index contributed by atoms with van der Waals surface area (Å²) in [5, 5.41) is 14.0. The van der Waals surface area contributed by atoms with E-state index < -0.39 is 10.8 Å². The van der Waals surface area contributed by atoms with Crippen LogP contribution in [0.4, 0.5) is 17.1 Å². The second-order valence-corrected chi connectivity index (χ2v) is 6.07. The number of nitrogens with zero attached hydrogens (tertiary/aromatic N) is 2. The van der Waals surface area contributed by atoms with Crippen LogP contribution in [0.15, 0.2) is 36.4 Å². The number of carbonyl (C=O) groups is 2. The molecular weight excluding hydrogens is 346 g/mol. The molecule has 1 aliphatic heterocycles. The van der Waals surface area contributed by atoms with Gasteiger partial charge in [0.1, 0.15) is 5.56 Å². The lowest BCUT2D eigenvalue weighted by Gasteiger charge is -2.15. The highest BCUT2D eigenvalue weighted by molar-refractivity contribution is 6.31. The predicted octanol–water partition coefficient (Wildman–Crippen LogP) is 3.41. The van der Waals surface area contributed by atoms with Crippen molar-refractivity contribution in [2.24, 2.45) is 0 Å². The second kappa shape index (κ2) is 6.52. The van der Waals surface area contributed by atoms with Gasteiger partial charge in [-0.3, -0.25) is 19.7 Å². The third-order valence-corrected chi connectivity index (χ3v) is 4.25. The molecule has 1 aliphatic rings. The van der Waals surface area contributed by atoms with Crippen LogP contribution in [0.25, 0.3) is 0 Å². The average molecular weight is 360 g/mol. The van der Waals surface area contributed by atoms with Crippen LogP contribution in [0.2, 0.25) is 5.02 Å². The number of carbonyl (C=O) groups excluding carboxylic acids is 2. The quantitative estimate of drug-likeness (QED) is 0.671. The molecule has 0 aliphatic carbocycles. The molecule has 7 nitrogen and oxygen atoms in total. The summed E-state index contributed by atoms with van der Waals surface area (Å²) >= 11 is 5.76. The Hall–Kier alpha value is -2.93. The van der Waals surface area contributed by atoms with Gasteiger partial charge in [-0.2, -0.15) is 0 Å². The Morgan fingerprint density at radius 3 is 2.68 bits per heavy atom. The first kappa shape index (κ1) is 16.9. The van der Waals surface area contributed by atoms with Gasteiger partial charge < -0.3 is 10.2 Å². The minimum Gasteiger partial charge on any atom is -0.322 e. The number of nitrogens with one attached hydrogen (secondary N) is 1. The standard InChI is InChI=1S/C17H14ClN3O4/c1-10(22)20-7-6-11-8-13(3-5-15(11)20)19-17(23)14-4-2-12(18)9-16(14)21(24)25/h2-5,8-9H,6-7H2,1H3,(H,19,23). The van der Waals surface area contributed by atoms with Gasteiger partial charge in [-0.05, 0) is 42.3 Å². The lowest BCUT2D eigenvalue weighted by molar-refractivity contribution is -0.385. The van der Waals surface area contributed by atoms with Crippen LogP contribution >= 0.6 is 11.6 Å². The molecule has 0 spiro atoms. The van der Waals surface area contributed by atoms with Crippen molar-refractivity contribution >= 4 is 40.5 Å². The molecule has 128 valence electrons. The Labute approximate surface area is 148 Å². The molecule has 0 radical (unpaired) electrons. The molecule has 1 N–H and O–H groups in total. The number of rotatable bonds is 3. The van der Waals surface area contributed by atoms with Crippen LogP contribution in [0.5, 0.6) is 0 Å². The second-order valence-electron chi connectivity index (χ2n) is 5.64. The Morgan fingerprint density at radius 1 is 1.24 bits per heavy atom. The van der Waals surface area contributed by atoms with E-state index >= 15 is 0 Å². The number of halogens is 1. The summed E-state index contributed by atoms with van der Waals surface area (Å²) in [6.07, 6.45) is 0.694. The molecule has 0 saturated carbocycles. The fraction of sp³-hybridized carbons (Fsp3) is 0.176. The van der Waals surface area contributed by atoms with Gasteiger partial charge in [0.2, 0.25) is 5.91 Å². The van der Waals surface area contributed by atoms with Crippen molar-refractivity contribution in [3.05, 3.63) is 62.7 Å². The Kier molecular flexibility index (Phi) is 4.41. The molecule has 25 heavy (non-hydrogen) atoms. The molecular formula is C17H14ClN3O4. The molecule has 8 heteroatoms. The topological polar surface area (TPSA) is 92.6 Å². The monoisotopic (exact) mass is 359 g/mol. The summed E-state index contributed by atoms with van der Waals surface area (Å²) in [6, 6.07) is 9.09. The number of amides is 2. The first-order valence-electron chi connectivity index (χ1n) is 7.53. The molecule has 0 unspecified atom stereocenters. The number of anilines is 2. The number of benzene rings is 2. The van der Waals surface area contributed by atoms with Crippen LogP contribution in [-0.2, 0) is 11.2 Å². The van der Waals surface area contributed by atoms with Crippen LogP contribution < -0.4 is 10.2 Å². The zero-order valence-corrected chi connectivity index (χ0v) is 14.0. The highest BCUT2D eigenvalue weighted by Crippen LogP contribution is 2.31. The van der Waals surface area contributed by atoms with Gasteiger partial charge in [0.15, 0.2) is 0 Å². The molecule has 2 amide bonds. The average Bonchev–Trinajstić information content (AvgIpc) is 2.97. The number of hydrogen-bond acceptors (Lipinski definition) is 4. The van der Waals surface area contributed by atoms with E-state index in [4.69, 9.17) is 11.6 Å². The van der Waals surface area contributed by atoms with Crippen LogP contribution in [0, 0.1) is 10.1 Å². The third-order valence-electron chi connectivity index (χ3n) is 4.01. The molecule has 2 aromatic carbocycles. The van der Waals surface area contributed by atoms with E-state index in [1.54, 1.807) is 23.1 Å². The van der Waals surface area contributed by atoms with Gasteiger partial charge >= 0.3 is 0 Å². The maximum atomic E-state index is 12.4. The van der Waals surface area contributed by atoms with Gasteiger partial charge in [-0.15, -0.1) is 0 Å². The van der Waals surface area contributed by atoms with Gasteiger partial charge in [0, 0.05) is 35.9 Å². The molecule has 2 aromatic rings. The summed E-state index contributed by atoms with van der Waals surface area (Å²) < 4.78 is 0. The summed E-state index contributed by atoms with van der Waals surface area (Å²) in [5.41, 5.74) is 1.86. The van der Waals surface area contributed by atoms with Crippen molar-refractivity contribution in [3.63, 3.8) is 0 Å². The molecule has 0 fully saturated rings. The van der Waals surface area contributed by atoms with E-state index in [2.05, 4.69) is 5.32 Å². The number of nitro groups is 1. The van der Waals surface area contributed by atoms with Crippen molar-refractivity contribution in [3.8, 4) is 0 Å². The van der Waals surface area contributed by atoms with Crippen LogP contribution in [-0.4, -0.2) is 23.3 Å². The van der Waals surface area contributed by atoms with Gasteiger partial charge in [0.25, 0.3) is 11.6 Å². The minimum absolute atomic E-state index is 0.0349. The fourth-order valence-corrected chi connectivity index (χ4v) is 3.02. The van der Waals surface area contributed by atoms with Crippen molar-refractivity contribution in [1.82, 2.24) is 0 Å². The van der Waals surface area contributed by atoms with E-state index in [1.165, 1.54) is 19.1 Å². The third kappa shape index (κ3) is 3.32. The van der Waals surface area contributed by atoms with Crippen molar-refractivity contribution in [2.45, 2.75) is 13.3 Å². The van der Waals surface area contributed by atoms with Gasteiger partial charge in [-0.25, -0.2) is 0 Å². The smallest absolute Gasteiger partial charge is 0.283 e. The predicted molar refractivity (Wildman–Crippen MR) is 94.2 cm³/mol.